The van der Waals surface area contributed by atoms with Crippen molar-refractivity contribution in [3.05, 3.63) is 64.0 Å². The van der Waals surface area contributed by atoms with Gasteiger partial charge in [0.05, 0.1) is 0 Å². The molecule has 6 nitrogen and oxygen atoms in total. The van der Waals surface area contributed by atoms with Gasteiger partial charge in [-0.3, -0.25) is 9.39 Å². The molecule has 0 atom stereocenters. The number of rotatable bonds is 5. The number of hydrogen-bond acceptors (Lipinski definition) is 3. The Balaban J connectivity index is 0.00000243. The normalized spacial score (nSPS) is 11.3. The van der Waals surface area contributed by atoms with Crippen molar-refractivity contribution in [1.82, 2.24) is 25.2 Å². The molecule has 0 amide bonds. The van der Waals surface area contributed by atoms with E-state index in [4.69, 9.17) is 23.2 Å². The van der Waals surface area contributed by atoms with Crippen LogP contribution in [0.25, 0.3) is 5.65 Å². The molecule has 0 aliphatic heterocycles. The van der Waals surface area contributed by atoms with Gasteiger partial charge in [0.15, 0.2) is 11.6 Å². The SMILES string of the molecule is CN=C(NCCc1nnc2ccccn12)NCc1ccc(Cl)cc1Cl.I. The average Bonchev–Trinajstić information content (AvgIpc) is 3.02. The molecule has 1 aromatic carbocycles. The maximum absolute atomic E-state index is 6.18. The van der Waals surface area contributed by atoms with E-state index in [1.165, 1.54) is 0 Å². The highest BCUT2D eigenvalue weighted by Crippen LogP contribution is 2.20. The summed E-state index contributed by atoms with van der Waals surface area (Å²) in [5.41, 5.74) is 1.80. The first-order valence-electron chi connectivity index (χ1n) is 7.84. The van der Waals surface area contributed by atoms with Crippen molar-refractivity contribution >= 4 is 58.8 Å². The number of hydrogen-bond donors (Lipinski definition) is 2. The summed E-state index contributed by atoms with van der Waals surface area (Å²) in [6.07, 6.45) is 2.69. The molecule has 2 aromatic heterocycles. The van der Waals surface area contributed by atoms with E-state index in [1.807, 2.05) is 40.9 Å². The molecule has 9 heteroatoms. The summed E-state index contributed by atoms with van der Waals surface area (Å²) in [5.74, 6) is 1.60. The van der Waals surface area contributed by atoms with Gasteiger partial charge in [-0.15, -0.1) is 34.2 Å². The number of aromatic nitrogens is 3. The number of halogens is 3. The fourth-order valence-corrected chi connectivity index (χ4v) is 2.89. The summed E-state index contributed by atoms with van der Waals surface area (Å²) in [6, 6.07) is 11.3. The number of nitrogens with zero attached hydrogens (tertiary/aromatic N) is 4. The molecule has 0 unspecified atom stereocenters. The van der Waals surface area contributed by atoms with Gasteiger partial charge in [0.1, 0.15) is 5.82 Å². The second-order valence-corrected chi connectivity index (χ2v) is 6.23. The Labute approximate surface area is 179 Å². The van der Waals surface area contributed by atoms with Crippen molar-refractivity contribution < 1.29 is 0 Å². The predicted octanol–water partition coefficient (Wildman–Crippen LogP) is 3.56. The van der Waals surface area contributed by atoms with E-state index in [0.717, 1.165) is 23.5 Å². The van der Waals surface area contributed by atoms with E-state index in [-0.39, 0.29) is 24.0 Å². The van der Waals surface area contributed by atoms with Crippen molar-refractivity contribution in [3.8, 4) is 0 Å². The maximum atomic E-state index is 6.18. The highest BCUT2D eigenvalue weighted by atomic mass is 127. The summed E-state index contributed by atoms with van der Waals surface area (Å²) < 4.78 is 1.98. The molecule has 0 aliphatic rings. The van der Waals surface area contributed by atoms with E-state index in [1.54, 1.807) is 13.1 Å². The lowest BCUT2D eigenvalue weighted by Crippen LogP contribution is -2.38. The highest BCUT2D eigenvalue weighted by molar-refractivity contribution is 14.0. The van der Waals surface area contributed by atoms with Gasteiger partial charge in [0.25, 0.3) is 0 Å². The third kappa shape index (κ3) is 5.21. The Kier molecular flexibility index (Phi) is 7.92. The van der Waals surface area contributed by atoms with E-state index < -0.39 is 0 Å². The molecule has 0 radical (unpaired) electrons. The van der Waals surface area contributed by atoms with Gasteiger partial charge in [0, 0.05) is 42.8 Å². The molecule has 0 saturated heterocycles. The minimum atomic E-state index is 0. The third-order valence-corrected chi connectivity index (χ3v) is 4.30. The Hall–Kier alpha value is -1.58. The molecule has 3 rings (SSSR count). The van der Waals surface area contributed by atoms with Crippen LogP contribution < -0.4 is 10.6 Å². The van der Waals surface area contributed by atoms with Gasteiger partial charge < -0.3 is 10.6 Å². The largest absolute Gasteiger partial charge is 0.356 e. The van der Waals surface area contributed by atoms with Crippen LogP contribution in [-0.4, -0.2) is 34.2 Å². The Morgan fingerprint density at radius 3 is 2.77 bits per heavy atom. The van der Waals surface area contributed by atoms with Gasteiger partial charge in [-0.2, -0.15) is 0 Å². The molecule has 0 aliphatic carbocycles. The van der Waals surface area contributed by atoms with Crippen molar-refractivity contribution in [1.29, 1.82) is 0 Å². The van der Waals surface area contributed by atoms with Crippen molar-refractivity contribution in [2.45, 2.75) is 13.0 Å². The zero-order valence-electron chi connectivity index (χ0n) is 14.1. The number of pyridine rings is 1. The lowest BCUT2D eigenvalue weighted by Gasteiger charge is -2.12. The molecule has 2 N–H and O–H groups in total. The van der Waals surface area contributed by atoms with Gasteiger partial charge in [-0.05, 0) is 29.8 Å². The van der Waals surface area contributed by atoms with E-state index in [9.17, 15) is 0 Å². The molecule has 26 heavy (non-hydrogen) atoms. The molecule has 0 bridgehead atoms. The number of fused-ring (bicyclic) bond motifs is 1. The molecule has 0 spiro atoms. The maximum Gasteiger partial charge on any atom is 0.191 e. The van der Waals surface area contributed by atoms with Gasteiger partial charge >= 0.3 is 0 Å². The van der Waals surface area contributed by atoms with Crippen LogP contribution in [0.4, 0.5) is 0 Å². The fourth-order valence-electron chi connectivity index (χ4n) is 2.42. The smallest absolute Gasteiger partial charge is 0.191 e. The van der Waals surface area contributed by atoms with Gasteiger partial charge in [-0.25, -0.2) is 0 Å². The molecular weight excluding hydrogens is 486 g/mol. The van der Waals surface area contributed by atoms with Crippen LogP contribution in [0.5, 0.6) is 0 Å². The highest BCUT2D eigenvalue weighted by Gasteiger charge is 2.06. The molecule has 138 valence electrons. The lowest BCUT2D eigenvalue weighted by atomic mass is 10.2. The Morgan fingerprint density at radius 2 is 2.00 bits per heavy atom. The van der Waals surface area contributed by atoms with Crippen LogP contribution in [0.1, 0.15) is 11.4 Å². The predicted molar refractivity (Wildman–Crippen MR) is 117 cm³/mol. The minimum absolute atomic E-state index is 0. The summed E-state index contributed by atoms with van der Waals surface area (Å²) in [5, 5.41) is 16.1. The van der Waals surface area contributed by atoms with Crippen molar-refractivity contribution in [2.75, 3.05) is 13.6 Å². The molecule has 3 aromatic rings. The zero-order chi connectivity index (χ0) is 17.6. The number of benzene rings is 1. The molecule has 0 fully saturated rings. The molecule has 0 saturated carbocycles. The summed E-state index contributed by atoms with van der Waals surface area (Å²) in [6.45, 7) is 1.24. The van der Waals surface area contributed by atoms with Crippen LogP contribution in [0.2, 0.25) is 10.0 Å². The molecule has 2 heterocycles. The fraction of sp³-hybridized carbons (Fsp3) is 0.235. The summed E-state index contributed by atoms with van der Waals surface area (Å²) in [7, 11) is 1.73. The Morgan fingerprint density at radius 1 is 1.15 bits per heavy atom. The summed E-state index contributed by atoms with van der Waals surface area (Å²) >= 11 is 12.1. The third-order valence-electron chi connectivity index (χ3n) is 3.71. The minimum Gasteiger partial charge on any atom is -0.356 e. The first kappa shape index (κ1) is 20.7. The number of guanidine groups is 1. The summed E-state index contributed by atoms with van der Waals surface area (Å²) in [4.78, 5) is 4.21. The second kappa shape index (κ2) is 9.94. The van der Waals surface area contributed by atoms with Crippen LogP contribution in [-0.2, 0) is 13.0 Å². The topological polar surface area (TPSA) is 66.6 Å². The van der Waals surface area contributed by atoms with Crippen molar-refractivity contribution in [3.63, 3.8) is 0 Å². The van der Waals surface area contributed by atoms with Crippen LogP contribution >= 0.6 is 47.2 Å². The first-order chi connectivity index (χ1) is 12.2. The van der Waals surface area contributed by atoms with Crippen molar-refractivity contribution in [2.24, 2.45) is 4.99 Å². The standard InChI is InChI=1S/C17H18Cl2N6.HI/c1-20-17(22-11-12-5-6-13(18)10-14(12)19)21-8-7-16-24-23-15-4-2-3-9-25(15)16;/h2-6,9-10H,7-8,11H2,1H3,(H2,20,21,22);1H. The van der Waals surface area contributed by atoms with Gasteiger partial charge in [-0.1, -0.05) is 35.3 Å². The molecular formula is C17H19Cl2IN6. The second-order valence-electron chi connectivity index (χ2n) is 5.38. The first-order valence-corrected chi connectivity index (χ1v) is 8.60. The number of nitrogens with one attached hydrogen (secondary N) is 2. The number of aliphatic imine (C=N–C) groups is 1. The monoisotopic (exact) mass is 504 g/mol. The van der Waals surface area contributed by atoms with Crippen LogP contribution in [0, 0.1) is 0 Å². The zero-order valence-corrected chi connectivity index (χ0v) is 18.0. The lowest BCUT2D eigenvalue weighted by molar-refractivity contribution is 0.761. The van der Waals surface area contributed by atoms with E-state index in [2.05, 4.69) is 25.8 Å². The Bertz CT molecular complexity index is 896. The van der Waals surface area contributed by atoms with E-state index in [0.29, 0.717) is 29.1 Å². The average molecular weight is 505 g/mol. The van der Waals surface area contributed by atoms with E-state index >= 15 is 0 Å². The quantitative estimate of drug-likeness (QED) is 0.317. The van der Waals surface area contributed by atoms with Gasteiger partial charge in [0.2, 0.25) is 0 Å². The van der Waals surface area contributed by atoms with Crippen LogP contribution in [0.3, 0.4) is 0 Å². The van der Waals surface area contributed by atoms with Crippen LogP contribution in [0.15, 0.2) is 47.6 Å².